The van der Waals surface area contributed by atoms with E-state index in [-0.39, 0.29) is 5.56 Å². The summed E-state index contributed by atoms with van der Waals surface area (Å²) in [6.07, 6.45) is 4.88. The van der Waals surface area contributed by atoms with Crippen LogP contribution in [0.1, 0.15) is 12.5 Å². The fraction of sp³-hybridized carbons (Fsp3) is 0.158. The second-order valence-corrected chi connectivity index (χ2v) is 5.45. The van der Waals surface area contributed by atoms with Crippen molar-refractivity contribution in [2.24, 2.45) is 0 Å². The highest BCUT2D eigenvalue weighted by atomic mass is 19.3. The molecule has 1 aromatic carbocycles. The number of methoxy groups -OCH3 is 1. The Bertz CT molecular complexity index is 862. The number of rotatable bonds is 5. The van der Waals surface area contributed by atoms with Gasteiger partial charge in [-0.15, -0.1) is 0 Å². The van der Waals surface area contributed by atoms with Crippen molar-refractivity contribution in [1.82, 2.24) is 9.97 Å². The third-order valence-electron chi connectivity index (χ3n) is 3.64. The number of pyridine rings is 2. The predicted molar refractivity (Wildman–Crippen MR) is 90.1 cm³/mol. The molecule has 0 bridgehead atoms. The van der Waals surface area contributed by atoms with Gasteiger partial charge in [0.2, 0.25) is 5.88 Å². The molecule has 0 atom stereocenters. The quantitative estimate of drug-likeness (QED) is 0.650. The molecule has 0 aliphatic heterocycles. The first kappa shape index (κ1) is 16.8. The van der Waals surface area contributed by atoms with Crippen LogP contribution in [0.15, 0.2) is 61.1 Å². The lowest BCUT2D eigenvalue weighted by atomic mass is 10.1. The van der Waals surface area contributed by atoms with Gasteiger partial charge in [0, 0.05) is 42.2 Å². The summed E-state index contributed by atoms with van der Waals surface area (Å²) < 4.78 is 37.8. The lowest BCUT2D eigenvalue weighted by Gasteiger charge is -2.14. The molecule has 0 unspecified atom stereocenters. The molecule has 128 valence electrons. The van der Waals surface area contributed by atoms with Crippen molar-refractivity contribution in [3.8, 4) is 28.5 Å². The smallest absolute Gasteiger partial charge is 0.270 e. The van der Waals surface area contributed by atoms with Gasteiger partial charge >= 0.3 is 0 Å². The van der Waals surface area contributed by atoms with Gasteiger partial charge in [-0.25, -0.2) is 13.8 Å². The van der Waals surface area contributed by atoms with Crippen LogP contribution in [0.25, 0.3) is 11.1 Å². The Balaban J connectivity index is 1.94. The summed E-state index contributed by atoms with van der Waals surface area (Å²) in [6.45, 7) is 0.856. The second kappa shape index (κ2) is 6.84. The first-order chi connectivity index (χ1) is 12.0. The fourth-order valence-corrected chi connectivity index (χ4v) is 2.37. The minimum atomic E-state index is -2.89. The monoisotopic (exact) mass is 342 g/mol. The summed E-state index contributed by atoms with van der Waals surface area (Å²) in [4.78, 5) is 8.35. The molecule has 2 heterocycles. The predicted octanol–water partition coefficient (Wildman–Crippen LogP) is 5.06. The molecule has 0 fully saturated rings. The Morgan fingerprint density at radius 3 is 2.40 bits per heavy atom. The van der Waals surface area contributed by atoms with Crippen molar-refractivity contribution in [3.63, 3.8) is 0 Å². The van der Waals surface area contributed by atoms with E-state index in [9.17, 15) is 8.78 Å². The zero-order valence-corrected chi connectivity index (χ0v) is 13.7. The second-order valence-electron chi connectivity index (χ2n) is 5.45. The Morgan fingerprint density at radius 1 is 0.960 bits per heavy atom. The van der Waals surface area contributed by atoms with Gasteiger partial charge < -0.3 is 9.47 Å². The van der Waals surface area contributed by atoms with E-state index in [0.717, 1.165) is 12.5 Å². The molecule has 0 aliphatic rings. The summed E-state index contributed by atoms with van der Waals surface area (Å²) in [6, 6.07) is 11.0. The van der Waals surface area contributed by atoms with Crippen molar-refractivity contribution < 1.29 is 18.3 Å². The van der Waals surface area contributed by atoms with E-state index in [1.165, 1.54) is 24.3 Å². The number of nitrogens with zero attached hydrogens (tertiary/aromatic N) is 2. The lowest BCUT2D eigenvalue weighted by Crippen LogP contribution is -2.06. The topological polar surface area (TPSA) is 44.2 Å². The van der Waals surface area contributed by atoms with Crippen molar-refractivity contribution in [3.05, 3.63) is 66.6 Å². The molecular formula is C19H16F2N2O2. The van der Waals surface area contributed by atoms with Gasteiger partial charge in [0.25, 0.3) is 5.92 Å². The van der Waals surface area contributed by atoms with Gasteiger partial charge in [-0.3, -0.25) is 4.98 Å². The largest absolute Gasteiger partial charge is 0.496 e. The summed E-state index contributed by atoms with van der Waals surface area (Å²) >= 11 is 0. The average Bonchev–Trinajstić information content (AvgIpc) is 2.62. The molecule has 0 saturated carbocycles. The summed E-state index contributed by atoms with van der Waals surface area (Å²) in [5.41, 5.74) is 1.34. The fourth-order valence-electron chi connectivity index (χ4n) is 2.37. The van der Waals surface area contributed by atoms with Crippen LogP contribution in [0.5, 0.6) is 17.4 Å². The number of hydrogen-bond acceptors (Lipinski definition) is 4. The van der Waals surface area contributed by atoms with Gasteiger partial charge in [0.15, 0.2) is 0 Å². The maximum atomic E-state index is 13.3. The number of alkyl halides is 2. The van der Waals surface area contributed by atoms with E-state index in [1.54, 1.807) is 37.8 Å². The van der Waals surface area contributed by atoms with Gasteiger partial charge in [-0.2, -0.15) is 0 Å². The highest BCUT2D eigenvalue weighted by molar-refractivity contribution is 5.73. The first-order valence-electron chi connectivity index (χ1n) is 7.58. The number of ether oxygens (including phenoxy) is 2. The molecule has 0 radical (unpaired) electrons. The molecule has 3 aromatic rings. The third kappa shape index (κ3) is 3.74. The normalized spacial score (nSPS) is 11.2. The molecule has 25 heavy (non-hydrogen) atoms. The molecule has 6 heteroatoms. The molecule has 0 amide bonds. The van der Waals surface area contributed by atoms with E-state index in [1.807, 2.05) is 6.07 Å². The number of hydrogen-bond donors (Lipinski definition) is 0. The zero-order valence-electron chi connectivity index (χ0n) is 13.7. The molecule has 0 saturated heterocycles. The van der Waals surface area contributed by atoms with Gasteiger partial charge in [-0.05, 0) is 42.5 Å². The lowest BCUT2D eigenvalue weighted by molar-refractivity contribution is 0.0174. The van der Waals surface area contributed by atoms with Crippen molar-refractivity contribution in [2.75, 3.05) is 7.11 Å². The zero-order chi connectivity index (χ0) is 17.9. The SMILES string of the molecule is COc1ccncc1-c1cccnc1Oc1ccc(C(C)(F)F)cc1. The van der Waals surface area contributed by atoms with Crippen LogP contribution in [0.3, 0.4) is 0 Å². The van der Waals surface area contributed by atoms with Crippen molar-refractivity contribution in [2.45, 2.75) is 12.8 Å². The molecule has 3 rings (SSSR count). The Kier molecular flexibility index (Phi) is 4.61. The first-order valence-corrected chi connectivity index (χ1v) is 7.58. The van der Waals surface area contributed by atoms with Crippen LogP contribution in [0, 0.1) is 0 Å². The number of benzene rings is 1. The Hall–Kier alpha value is -3.02. The maximum absolute atomic E-state index is 13.3. The number of halogens is 2. The van der Waals surface area contributed by atoms with Crippen LogP contribution in [0.2, 0.25) is 0 Å². The van der Waals surface area contributed by atoms with E-state index in [4.69, 9.17) is 9.47 Å². The molecule has 4 nitrogen and oxygen atoms in total. The highest BCUT2D eigenvalue weighted by Crippen LogP contribution is 2.36. The summed E-state index contributed by atoms with van der Waals surface area (Å²) in [5.74, 6) is -1.51. The molecule has 0 spiro atoms. The van der Waals surface area contributed by atoms with Crippen LogP contribution in [-0.4, -0.2) is 17.1 Å². The third-order valence-corrected chi connectivity index (χ3v) is 3.64. The highest BCUT2D eigenvalue weighted by Gasteiger charge is 2.24. The van der Waals surface area contributed by atoms with Gasteiger partial charge in [0.05, 0.1) is 7.11 Å². The molecule has 0 N–H and O–H groups in total. The average molecular weight is 342 g/mol. The van der Waals surface area contributed by atoms with Crippen molar-refractivity contribution in [1.29, 1.82) is 0 Å². The van der Waals surface area contributed by atoms with Gasteiger partial charge in [-0.1, -0.05) is 0 Å². The molecule has 0 aliphatic carbocycles. The summed E-state index contributed by atoms with van der Waals surface area (Å²) in [7, 11) is 1.57. The van der Waals surface area contributed by atoms with E-state index in [2.05, 4.69) is 9.97 Å². The maximum Gasteiger partial charge on any atom is 0.270 e. The van der Waals surface area contributed by atoms with Gasteiger partial charge in [0.1, 0.15) is 11.5 Å². The van der Waals surface area contributed by atoms with Crippen LogP contribution >= 0.6 is 0 Å². The minimum Gasteiger partial charge on any atom is -0.496 e. The summed E-state index contributed by atoms with van der Waals surface area (Å²) in [5, 5.41) is 0. The Morgan fingerprint density at radius 2 is 1.72 bits per heavy atom. The Labute approximate surface area is 144 Å². The number of aromatic nitrogens is 2. The van der Waals surface area contributed by atoms with Crippen LogP contribution in [0.4, 0.5) is 8.78 Å². The van der Waals surface area contributed by atoms with E-state index in [0.29, 0.717) is 22.9 Å². The van der Waals surface area contributed by atoms with E-state index < -0.39 is 5.92 Å². The van der Waals surface area contributed by atoms with Crippen LogP contribution in [-0.2, 0) is 5.92 Å². The molecule has 2 aromatic heterocycles. The van der Waals surface area contributed by atoms with E-state index >= 15 is 0 Å². The minimum absolute atomic E-state index is 0.0741. The van der Waals surface area contributed by atoms with Crippen molar-refractivity contribution >= 4 is 0 Å². The standard InChI is InChI=1S/C19H16F2N2O2/c1-19(20,21)13-5-7-14(8-6-13)25-18-15(4-3-10-23-18)16-12-22-11-9-17(16)24-2/h3-12H,1-2H3. The van der Waals surface area contributed by atoms with Crippen LogP contribution < -0.4 is 9.47 Å². The molecular weight excluding hydrogens is 326 g/mol.